The van der Waals surface area contributed by atoms with Crippen LogP contribution in [0.2, 0.25) is 0 Å². The van der Waals surface area contributed by atoms with Crippen molar-refractivity contribution < 1.29 is 0 Å². The van der Waals surface area contributed by atoms with Crippen LogP contribution in [0.3, 0.4) is 0 Å². The van der Waals surface area contributed by atoms with Crippen molar-refractivity contribution in [2.45, 2.75) is 59.4 Å². The van der Waals surface area contributed by atoms with E-state index in [4.69, 9.17) is 0 Å². The highest BCUT2D eigenvalue weighted by molar-refractivity contribution is 4.86. The molecule has 0 bridgehead atoms. The van der Waals surface area contributed by atoms with Crippen molar-refractivity contribution in [3.8, 4) is 0 Å². The van der Waals surface area contributed by atoms with Crippen LogP contribution in [-0.2, 0) is 0 Å². The minimum atomic E-state index is 0. The van der Waals surface area contributed by atoms with Crippen LogP contribution in [0.5, 0.6) is 0 Å². The SMILES string of the molecule is C.C.C1CC1CCC1CNC1.CN(CC1CNC1)C1CC1. The Kier molecular flexibility index (Phi) is 8.22. The Hall–Kier alpha value is -0.120. The van der Waals surface area contributed by atoms with Crippen LogP contribution in [0.4, 0.5) is 0 Å². The van der Waals surface area contributed by atoms with Crippen LogP contribution in [0, 0.1) is 17.8 Å². The fraction of sp³-hybridized carbons (Fsp3) is 1.00. The molecule has 21 heavy (non-hydrogen) atoms. The zero-order valence-electron chi connectivity index (χ0n) is 12.5. The van der Waals surface area contributed by atoms with E-state index in [1.165, 1.54) is 71.2 Å². The lowest BCUT2D eigenvalue weighted by atomic mass is 9.96. The van der Waals surface area contributed by atoms with Crippen LogP contribution in [0.25, 0.3) is 0 Å². The second-order valence-electron chi connectivity index (χ2n) is 7.24. The van der Waals surface area contributed by atoms with Crippen LogP contribution in [-0.4, -0.2) is 50.7 Å². The molecule has 2 aliphatic carbocycles. The molecule has 3 nitrogen and oxygen atoms in total. The minimum absolute atomic E-state index is 0. The van der Waals surface area contributed by atoms with Crippen molar-refractivity contribution in [2.75, 3.05) is 39.8 Å². The van der Waals surface area contributed by atoms with Gasteiger partial charge in [0.05, 0.1) is 0 Å². The maximum atomic E-state index is 3.31. The second-order valence-corrected chi connectivity index (χ2v) is 7.24. The highest BCUT2D eigenvalue weighted by Crippen LogP contribution is 2.35. The lowest BCUT2D eigenvalue weighted by Gasteiger charge is -2.31. The van der Waals surface area contributed by atoms with Gasteiger partial charge in [-0.2, -0.15) is 0 Å². The predicted molar refractivity (Wildman–Crippen MR) is 93.8 cm³/mol. The smallest absolute Gasteiger partial charge is 0.00935 e. The van der Waals surface area contributed by atoms with E-state index in [9.17, 15) is 0 Å². The fourth-order valence-corrected chi connectivity index (χ4v) is 2.98. The molecule has 2 saturated carbocycles. The van der Waals surface area contributed by atoms with Gasteiger partial charge in [0, 0.05) is 25.7 Å². The van der Waals surface area contributed by atoms with E-state index in [1.807, 2.05) is 0 Å². The average Bonchev–Trinajstić information content (AvgIpc) is 3.12. The number of hydrogen-bond acceptors (Lipinski definition) is 3. The normalized spacial score (nSPS) is 24.9. The molecule has 0 atom stereocenters. The lowest BCUT2D eigenvalue weighted by molar-refractivity contribution is 0.217. The Labute approximate surface area is 133 Å². The molecular formula is C18H39N3. The molecule has 2 heterocycles. The van der Waals surface area contributed by atoms with E-state index in [0.717, 1.165) is 23.8 Å². The Morgan fingerprint density at radius 3 is 1.67 bits per heavy atom. The van der Waals surface area contributed by atoms with Crippen molar-refractivity contribution in [1.29, 1.82) is 0 Å². The highest BCUT2D eigenvalue weighted by Gasteiger charge is 2.29. The molecule has 0 unspecified atom stereocenters. The molecule has 0 aromatic rings. The summed E-state index contributed by atoms with van der Waals surface area (Å²) < 4.78 is 0. The second kappa shape index (κ2) is 9.12. The summed E-state index contributed by atoms with van der Waals surface area (Å²) >= 11 is 0. The zero-order chi connectivity index (χ0) is 13.1. The third kappa shape index (κ3) is 6.66. The van der Waals surface area contributed by atoms with Gasteiger partial charge in [-0.05, 0) is 57.2 Å². The number of nitrogens with one attached hydrogen (secondary N) is 2. The van der Waals surface area contributed by atoms with E-state index < -0.39 is 0 Å². The molecule has 0 spiro atoms. The fourth-order valence-electron chi connectivity index (χ4n) is 2.98. The first-order valence-electron chi connectivity index (χ1n) is 8.43. The van der Waals surface area contributed by atoms with Crippen molar-refractivity contribution >= 4 is 0 Å². The molecule has 4 fully saturated rings. The number of hydrogen-bond donors (Lipinski definition) is 2. The van der Waals surface area contributed by atoms with Gasteiger partial charge in [-0.3, -0.25) is 0 Å². The molecule has 0 radical (unpaired) electrons. The summed E-state index contributed by atoms with van der Waals surface area (Å²) in [7, 11) is 2.26. The first-order valence-corrected chi connectivity index (χ1v) is 8.43. The van der Waals surface area contributed by atoms with Crippen LogP contribution in [0.1, 0.15) is 53.4 Å². The van der Waals surface area contributed by atoms with Gasteiger partial charge in [0.2, 0.25) is 0 Å². The van der Waals surface area contributed by atoms with Gasteiger partial charge in [0.25, 0.3) is 0 Å². The molecule has 4 rings (SSSR count). The Morgan fingerprint density at radius 2 is 1.29 bits per heavy atom. The Morgan fingerprint density at radius 1 is 0.762 bits per heavy atom. The number of rotatable bonds is 6. The summed E-state index contributed by atoms with van der Waals surface area (Å²) in [6.07, 6.45) is 8.96. The average molecular weight is 298 g/mol. The van der Waals surface area contributed by atoms with Gasteiger partial charge in [-0.25, -0.2) is 0 Å². The summed E-state index contributed by atoms with van der Waals surface area (Å²) in [5.41, 5.74) is 0. The highest BCUT2D eigenvalue weighted by atomic mass is 15.2. The molecule has 4 aliphatic rings. The third-order valence-corrected chi connectivity index (χ3v) is 5.13. The topological polar surface area (TPSA) is 27.3 Å². The summed E-state index contributed by atoms with van der Waals surface area (Å²) in [5, 5.41) is 6.60. The molecule has 2 aliphatic heterocycles. The van der Waals surface area contributed by atoms with Crippen molar-refractivity contribution in [2.24, 2.45) is 17.8 Å². The molecule has 126 valence electrons. The largest absolute Gasteiger partial charge is 0.316 e. The molecule has 3 heteroatoms. The van der Waals surface area contributed by atoms with E-state index in [-0.39, 0.29) is 14.9 Å². The Balaban J connectivity index is 0.000000192. The molecule has 2 saturated heterocycles. The van der Waals surface area contributed by atoms with E-state index in [1.54, 1.807) is 0 Å². The van der Waals surface area contributed by atoms with Gasteiger partial charge < -0.3 is 15.5 Å². The molecular weight excluding hydrogens is 258 g/mol. The minimum Gasteiger partial charge on any atom is -0.316 e. The summed E-state index contributed by atoms with van der Waals surface area (Å²) in [6.45, 7) is 6.41. The van der Waals surface area contributed by atoms with Gasteiger partial charge >= 0.3 is 0 Å². The van der Waals surface area contributed by atoms with Crippen molar-refractivity contribution in [1.82, 2.24) is 15.5 Å². The monoisotopic (exact) mass is 297 g/mol. The van der Waals surface area contributed by atoms with Gasteiger partial charge in [-0.1, -0.05) is 34.1 Å². The summed E-state index contributed by atoms with van der Waals surface area (Å²) in [4.78, 5) is 2.52. The van der Waals surface area contributed by atoms with Gasteiger partial charge in [0.15, 0.2) is 0 Å². The molecule has 0 aromatic heterocycles. The quantitative estimate of drug-likeness (QED) is 0.789. The molecule has 0 amide bonds. The standard InChI is InChI=1S/C8H16N2.C8H15N.2CH4/c1-10(8-2-3-8)6-7-4-9-5-7;1-2-7(1)3-4-8-5-9-6-8;;/h7-9H,2-6H2,1H3;7-9H,1-6H2;2*1H4. The van der Waals surface area contributed by atoms with Crippen molar-refractivity contribution in [3.63, 3.8) is 0 Å². The van der Waals surface area contributed by atoms with Gasteiger partial charge in [-0.15, -0.1) is 0 Å². The summed E-state index contributed by atoms with van der Waals surface area (Å²) in [5.74, 6) is 3.14. The van der Waals surface area contributed by atoms with Crippen LogP contribution >= 0.6 is 0 Å². The van der Waals surface area contributed by atoms with Crippen LogP contribution in [0.15, 0.2) is 0 Å². The van der Waals surface area contributed by atoms with E-state index >= 15 is 0 Å². The van der Waals surface area contributed by atoms with E-state index in [2.05, 4.69) is 22.6 Å². The molecule has 0 aromatic carbocycles. The summed E-state index contributed by atoms with van der Waals surface area (Å²) in [6, 6.07) is 0.945. The zero-order valence-corrected chi connectivity index (χ0v) is 12.5. The Bertz CT molecular complexity index is 266. The predicted octanol–water partition coefficient (Wildman–Crippen LogP) is 2.97. The maximum Gasteiger partial charge on any atom is 0.00935 e. The lowest BCUT2D eigenvalue weighted by Crippen LogP contribution is -2.47. The molecule has 2 N–H and O–H groups in total. The van der Waals surface area contributed by atoms with E-state index in [0.29, 0.717) is 0 Å². The van der Waals surface area contributed by atoms with Crippen molar-refractivity contribution in [3.05, 3.63) is 0 Å². The third-order valence-electron chi connectivity index (χ3n) is 5.13. The first kappa shape index (κ1) is 18.9. The first-order chi connectivity index (χ1) is 9.31. The maximum absolute atomic E-state index is 3.31. The van der Waals surface area contributed by atoms with Gasteiger partial charge in [0.1, 0.15) is 0 Å². The van der Waals surface area contributed by atoms with Crippen LogP contribution < -0.4 is 10.6 Å². The number of nitrogens with zero attached hydrogens (tertiary/aromatic N) is 1.